The predicted octanol–water partition coefficient (Wildman–Crippen LogP) is 2.63. The first-order chi connectivity index (χ1) is 8.24. The molecule has 0 fully saturated rings. The molecule has 18 heavy (non-hydrogen) atoms. The zero-order valence-electron chi connectivity index (χ0n) is 12.5. The molecule has 0 spiro atoms. The second-order valence-electron chi connectivity index (χ2n) is 5.51. The zero-order valence-corrected chi connectivity index (χ0v) is 13.3. The van der Waals surface area contributed by atoms with Crippen LogP contribution in [0.15, 0.2) is 0 Å². The molecule has 0 radical (unpaired) electrons. The summed E-state index contributed by atoms with van der Waals surface area (Å²) < 4.78 is 5.18. The van der Waals surface area contributed by atoms with Crippen molar-refractivity contribution in [1.82, 2.24) is 10.6 Å². The van der Waals surface area contributed by atoms with Crippen LogP contribution in [0.4, 0.5) is 4.79 Å². The Labute approximate surface area is 116 Å². The number of carbonyl (C=O) groups is 1. The monoisotopic (exact) mass is 276 g/mol. The normalized spacial score (nSPS) is 15.0. The van der Waals surface area contributed by atoms with Crippen LogP contribution >= 0.6 is 11.8 Å². The van der Waals surface area contributed by atoms with Crippen molar-refractivity contribution in [1.29, 1.82) is 0 Å². The quantitative estimate of drug-likeness (QED) is 0.750. The molecule has 0 saturated heterocycles. The molecule has 0 aromatic carbocycles. The second kappa shape index (κ2) is 8.64. The number of rotatable bonds is 7. The minimum atomic E-state index is -0.439. The lowest BCUT2D eigenvalue weighted by atomic mass is 10.2. The summed E-state index contributed by atoms with van der Waals surface area (Å²) >= 11 is 1.92. The first kappa shape index (κ1) is 17.6. The molecule has 0 aliphatic heterocycles. The third-order valence-electron chi connectivity index (χ3n) is 2.09. The van der Waals surface area contributed by atoms with E-state index in [2.05, 4.69) is 31.4 Å². The smallest absolute Gasteiger partial charge is 0.407 e. The van der Waals surface area contributed by atoms with Gasteiger partial charge in [0.15, 0.2) is 0 Å². The van der Waals surface area contributed by atoms with Crippen LogP contribution in [0, 0.1) is 0 Å². The van der Waals surface area contributed by atoms with E-state index >= 15 is 0 Å². The fourth-order valence-electron chi connectivity index (χ4n) is 1.44. The minimum absolute atomic E-state index is 0.241. The number of carbonyl (C=O) groups excluding carboxylic acids is 1. The molecule has 0 bridgehead atoms. The number of hydrogen-bond acceptors (Lipinski definition) is 4. The molecule has 5 heteroatoms. The molecule has 2 N–H and O–H groups in total. The van der Waals surface area contributed by atoms with Crippen molar-refractivity contribution in [3.05, 3.63) is 0 Å². The Morgan fingerprint density at radius 2 is 1.89 bits per heavy atom. The third kappa shape index (κ3) is 10.7. The summed E-state index contributed by atoms with van der Waals surface area (Å²) in [6, 6.07) is 0.690. The largest absolute Gasteiger partial charge is 0.444 e. The van der Waals surface area contributed by atoms with Gasteiger partial charge in [0.25, 0.3) is 0 Å². The van der Waals surface area contributed by atoms with Crippen LogP contribution in [-0.4, -0.2) is 41.8 Å². The maximum absolute atomic E-state index is 11.5. The van der Waals surface area contributed by atoms with Gasteiger partial charge in [0.1, 0.15) is 5.60 Å². The topological polar surface area (TPSA) is 50.4 Å². The molecule has 0 saturated carbocycles. The molecule has 0 heterocycles. The summed E-state index contributed by atoms with van der Waals surface area (Å²) in [5.41, 5.74) is -0.439. The van der Waals surface area contributed by atoms with Crippen molar-refractivity contribution in [2.45, 2.75) is 59.2 Å². The Bertz CT molecular complexity index is 242. The van der Waals surface area contributed by atoms with Crippen molar-refractivity contribution in [2.75, 3.05) is 18.1 Å². The van der Waals surface area contributed by atoms with Crippen LogP contribution in [0.2, 0.25) is 0 Å². The Hall–Kier alpha value is -0.420. The first-order valence-electron chi connectivity index (χ1n) is 6.55. The molecule has 108 valence electrons. The molecule has 4 nitrogen and oxygen atoms in total. The Kier molecular flexibility index (Phi) is 8.44. The van der Waals surface area contributed by atoms with Gasteiger partial charge in [0.2, 0.25) is 0 Å². The molecule has 1 amide bonds. The van der Waals surface area contributed by atoms with Gasteiger partial charge in [-0.25, -0.2) is 4.79 Å². The zero-order chi connectivity index (χ0) is 14.2. The van der Waals surface area contributed by atoms with Crippen LogP contribution in [0.25, 0.3) is 0 Å². The molecule has 0 rings (SSSR count). The average Bonchev–Trinajstić information content (AvgIpc) is 2.21. The summed E-state index contributed by atoms with van der Waals surface area (Å²) in [6.07, 6.45) is -0.355. The van der Waals surface area contributed by atoms with Crippen LogP contribution < -0.4 is 10.6 Å². The highest BCUT2D eigenvalue weighted by atomic mass is 32.2. The number of hydrogen-bond donors (Lipinski definition) is 2. The van der Waals surface area contributed by atoms with E-state index in [-0.39, 0.29) is 12.1 Å². The van der Waals surface area contributed by atoms with Gasteiger partial charge < -0.3 is 15.4 Å². The Morgan fingerprint density at radius 1 is 1.28 bits per heavy atom. The van der Waals surface area contributed by atoms with Gasteiger partial charge in [-0.05, 0) is 40.4 Å². The van der Waals surface area contributed by atoms with Crippen molar-refractivity contribution >= 4 is 17.9 Å². The lowest BCUT2D eigenvalue weighted by Gasteiger charge is -2.22. The van der Waals surface area contributed by atoms with Crippen LogP contribution in [0.1, 0.15) is 41.5 Å². The van der Waals surface area contributed by atoms with Crippen molar-refractivity contribution in [2.24, 2.45) is 0 Å². The van der Waals surface area contributed by atoms with E-state index in [1.165, 1.54) is 0 Å². The standard InChI is InChI=1S/C13H28N2O2S/c1-7-18-9-11(3)15-10(2)8-14-12(16)17-13(4,5)6/h10-11,15H,7-9H2,1-6H3,(H,14,16). The van der Waals surface area contributed by atoms with E-state index in [0.29, 0.717) is 12.6 Å². The summed E-state index contributed by atoms with van der Waals surface area (Å²) in [4.78, 5) is 11.5. The highest BCUT2D eigenvalue weighted by molar-refractivity contribution is 7.99. The van der Waals surface area contributed by atoms with Crippen LogP contribution in [0.5, 0.6) is 0 Å². The van der Waals surface area contributed by atoms with E-state index in [1.54, 1.807) is 0 Å². The Morgan fingerprint density at radius 3 is 2.39 bits per heavy atom. The van der Waals surface area contributed by atoms with Gasteiger partial charge in [0.05, 0.1) is 0 Å². The lowest BCUT2D eigenvalue weighted by Crippen LogP contribution is -2.44. The van der Waals surface area contributed by atoms with Gasteiger partial charge in [-0.15, -0.1) is 0 Å². The number of alkyl carbamates (subject to hydrolysis) is 1. The highest BCUT2D eigenvalue weighted by Gasteiger charge is 2.16. The second-order valence-corrected chi connectivity index (χ2v) is 6.83. The Balaban J connectivity index is 3.76. The summed E-state index contributed by atoms with van der Waals surface area (Å²) in [7, 11) is 0. The molecule has 0 aliphatic rings. The number of amides is 1. The lowest BCUT2D eigenvalue weighted by molar-refractivity contribution is 0.0523. The van der Waals surface area contributed by atoms with E-state index in [1.807, 2.05) is 32.5 Å². The van der Waals surface area contributed by atoms with Gasteiger partial charge >= 0.3 is 6.09 Å². The van der Waals surface area contributed by atoms with Crippen LogP contribution in [-0.2, 0) is 4.74 Å². The molecule has 0 aliphatic carbocycles. The summed E-state index contributed by atoms with van der Waals surface area (Å²) in [6.45, 7) is 12.5. The maximum Gasteiger partial charge on any atom is 0.407 e. The van der Waals surface area contributed by atoms with Crippen molar-refractivity contribution < 1.29 is 9.53 Å². The van der Waals surface area contributed by atoms with Gasteiger partial charge in [0, 0.05) is 24.4 Å². The van der Waals surface area contributed by atoms with Gasteiger partial charge in [-0.3, -0.25) is 0 Å². The van der Waals surface area contributed by atoms with Crippen LogP contribution in [0.3, 0.4) is 0 Å². The molecular weight excluding hydrogens is 248 g/mol. The fourth-order valence-corrected chi connectivity index (χ4v) is 2.12. The number of nitrogens with one attached hydrogen (secondary N) is 2. The number of ether oxygens (including phenoxy) is 1. The molecule has 2 atom stereocenters. The van der Waals surface area contributed by atoms with Gasteiger partial charge in [-0.2, -0.15) is 11.8 Å². The average molecular weight is 276 g/mol. The minimum Gasteiger partial charge on any atom is -0.444 e. The van der Waals surface area contributed by atoms with E-state index < -0.39 is 5.60 Å². The van der Waals surface area contributed by atoms with E-state index in [0.717, 1.165) is 11.5 Å². The summed E-state index contributed by atoms with van der Waals surface area (Å²) in [5.74, 6) is 2.23. The van der Waals surface area contributed by atoms with Gasteiger partial charge in [-0.1, -0.05) is 6.92 Å². The van der Waals surface area contributed by atoms with E-state index in [9.17, 15) is 4.79 Å². The molecule has 0 aromatic rings. The summed E-state index contributed by atoms with van der Waals surface area (Å²) in [5, 5.41) is 6.21. The maximum atomic E-state index is 11.5. The SMILES string of the molecule is CCSCC(C)NC(C)CNC(=O)OC(C)(C)C. The first-order valence-corrected chi connectivity index (χ1v) is 7.70. The molecular formula is C13H28N2O2S. The molecule has 0 aromatic heterocycles. The molecule has 2 unspecified atom stereocenters. The van der Waals surface area contributed by atoms with Crippen molar-refractivity contribution in [3.63, 3.8) is 0 Å². The van der Waals surface area contributed by atoms with Crippen molar-refractivity contribution in [3.8, 4) is 0 Å². The number of thioether (sulfide) groups is 1. The predicted molar refractivity (Wildman–Crippen MR) is 79.3 cm³/mol. The fraction of sp³-hybridized carbons (Fsp3) is 0.923. The third-order valence-corrected chi connectivity index (χ3v) is 3.24. The van der Waals surface area contributed by atoms with E-state index in [4.69, 9.17) is 4.74 Å². The highest BCUT2D eigenvalue weighted by Crippen LogP contribution is 2.06.